The van der Waals surface area contributed by atoms with E-state index < -0.39 is 0 Å². The van der Waals surface area contributed by atoms with Gasteiger partial charge in [0.1, 0.15) is 0 Å². The van der Waals surface area contributed by atoms with Crippen LogP contribution in [-0.2, 0) is 16.1 Å². The zero-order chi connectivity index (χ0) is 11.8. The van der Waals surface area contributed by atoms with E-state index in [0.29, 0.717) is 26.1 Å². The molecule has 0 spiro atoms. The largest absolute Gasteiger partial charge is 0.368 e. The van der Waals surface area contributed by atoms with Gasteiger partial charge in [0.05, 0.1) is 30.6 Å². The fourth-order valence-electron chi connectivity index (χ4n) is 2.57. The molecule has 0 saturated carbocycles. The SMILES string of the molecule is CCCC(=O)N1C[C@@H]2[C@@H](C1)OCc1cnnn12. The lowest BCUT2D eigenvalue weighted by Crippen LogP contribution is -2.32. The molecule has 2 aliphatic heterocycles. The van der Waals surface area contributed by atoms with Crippen LogP contribution in [0, 0.1) is 0 Å². The van der Waals surface area contributed by atoms with Gasteiger partial charge in [-0.25, -0.2) is 4.68 Å². The maximum absolute atomic E-state index is 11.9. The van der Waals surface area contributed by atoms with Crippen LogP contribution < -0.4 is 0 Å². The first-order valence-corrected chi connectivity index (χ1v) is 6.08. The Morgan fingerprint density at radius 2 is 2.47 bits per heavy atom. The lowest BCUT2D eigenvalue weighted by molar-refractivity contribution is -0.130. The molecule has 1 amide bonds. The molecule has 6 nitrogen and oxygen atoms in total. The highest BCUT2D eigenvalue weighted by atomic mass is 16.5. The van der Waals surface area contributed by atoms with E-state index in [1.54, 1.807) is 6.20 Å². The molecule has 3 heterocycles. The number of rotatable bonds is 2. The molecule has 1 aromatic heterocycles. The van der Waals surface area contributed by atoms with E-state index in [1.165, 1.54) is 0 Å². The van der Waals surface area contributed by atoms with Crippen LogP contribution >= 0.6 is 0 Å². The lowest BCUT2D eigenvalue weighted by Gasteiger charge is -2.25. The number of carbonyl (C=O) groups is 1. The number of amides is 1. The van der Waals surface area contributed by atoms with Crippen molar-refractivity contribution >= 4 is 5.91 Å². The Morgan fingerprint density at radius 1 is 1.59 bits per heavy atom. The van der Waals surface area contributed by atoms with Crippen molar-refractivity contribution in [2.45, 2.75) is 38.5 Å². The molecule has 2 atom stereocenters. The van der Waals surface area contributed by atoms with Crippen LogP contribution in [0.15, 0.2) is 6.20 Å². The first-order chi connectivity index (χ1) is 8.29. The van der Waals surface area contributed by atoms with Gasteiger partial charge in [0.2, 0.25) is 5.91 Å². The fraction of sp³-hybridized carbons (Fsp3) is 0.727. The lowest BCUT2D eigenvalue weighted by atomic mass is 10.2. The van der Waals surface area contributed by atoms with Crippen LogP contribution in [0.3, 0.4) is 0 Å². The van der Waals surface area contributed by atoms with Crippen molar-refractivity contribution in [2.75, 3.05) is 13.1 Å². The predicted molar refractivity (Wildman–Crippen MR) is 59.1 cm³/mol. The number of aromatic nitrogens is 3. The predicted octanol–water partition coefficient (Wildman–Crippen LogP) is 0.360. The highest BCUT2D eigenvalue weighted by Gasteiger charge is 2.40. The summed E-state index contributed by atoms with van der Waals surface area (Å²) in [5.74, 6) is 0.215. The van der Waals surface area contributed by atoms with Crippen molar-refractivity contribution in [3.8, 4) is 0 Å². The van der Waals surface area contributed by atoms with Gasteiger partial charge in [0, 0.05) is 19.5 Å². The number of ether oxygens (including phenoxy) is 1. The van der Waals surface area contributed by atoms with Crippen LogP contribution in [0.25, 0.3) is 0 Å². The van der Waals surface area contributed by atoms with Gasteiger partial charge in [-0.1, -0.05) is 12.1 Å². The minimum atomic E-state index is 0.0741. The Balaban J connectivity index is 1.77. The molecular weight excluding hydrogens is 220 g/mol. The molecule has 0 bridgehead atoms. The van der Waals surface area contributed by atoms with E-state index in [4.69, 9.17) is 4.74 Å². The van der Waals surface area contributed by atoms with E-state index in [1.807, 2.05) is 16.5 Å². The van der Waals surface area contributed by atoms with Crippen molar-refractivity contribution in [2.24, 2.45) is 0 Å². The molecular formula is C11H16N4O2. The molecule has 3 rings (SSSR count). The monoisotopic (exact) mass is 236 g/mol. The molecule has 2 aliphatic rings. The molecule has 1 aromatic rings. The van der Waals surface area contributed by atoms with Gasteiger partial charge in [-0.05, 0) is 6.42 Å². The van der Waals surface area contributed by atoms with Gasteiger partial charge < -0.3 is 9.64 Å². The Morgan fingerprint density at radius 3 is 3.29 bits per heavy atom. The topological polar surface area (TPSA) is 60.3 Å². The summed E-state index contributed by atoms with van der Waals surface area (Å²) in [6.45, 7) is 3.94. The summed E-state index contributed by atoms with van der Waals surface area (Å²) in [6, 6.07) is 0.141. The second-order valence-corrected chi connectivity index (χ2v) is 4.64. The maximum Gasteiger partial charge on any atom is 0.222 e. The van der Waals surface area contributed by atoms with Crippen molar-refractivity contribution in [3.63, 3.8) is 0 Å². The molecule has 0 unspecified atom stereocenters. The number of likely N-dealkylation sites (tertiary alicyclic amines) is 1. The maximum atomic E-state index is 11.9. The third-order valence-electron chi connectivity index (χ3n) is 3.46. The van der Waals surface area contributed by atoms with Crippen molar-refractivity contribution in [1.29, 1.82) is 0 Å². The molecule has 6 heteroatoms. The average molecular weight is 236 g/mol. The number of hydrogen-bond acceptors (Lipinski definition) is 4. The number of nitrogens with zero attached hydrogens (tertiary/aromatic N) is 4. The van der Waals surface area contributed by atoms with Gasteiger partial charge in [-0.2, -0.15) is 0 Å². The molecule has 92 valence electrons. The zero-order valence-electron chi connectivity index (χ0n) is 9.87. The smallest absolute Gasteiger partial charge is 0.222 e. The normalized spacial score (nSPS) is 26.8. The van der Waals surface area contributed by atoms with E-state index in [2.05, 4.69) is 10.3 Å². The van der Waals surface area contributed by atoms with Gasteiger partial charge in [-0.15, -0.1) is 5.10 Å². The second kappa shape index (κ2) is 4.10. The third kappa shape index (κ3) is 1.72. The Hall–Kier alpha value is -1.43. The summed E-state index contributed by atoms with van der Waals surface area (Å²) in [6.07, 6.45) is 3.31. The average Bonchev–Trinajstić information content (AvgIpc) is 2.94. The Bertz CT molecular complexity index is 431. The van der Waals surface area contributed by atoms with E-state index in [0.717, 1.165) is 12.1 Å². The van der Waals surface area contributed by atoms with Crippen LogP contribution in [-0.4, -0.2) is 45.0 Å². The van der Waals surface area contributed by atoms with Gasteiger partial charge in [-0.3, -0.25) is 4.79 Å². The standard InChI is InChI=1S/C11H16N4O2/c1-2-3-11(16)14-5-9-10(6-14)17-7-8-4-12-13-15(8)9/h4,9-10H,2-3,5-7H2,1H3/t9-,10-/m1/s1. The minimum absolute atomic E-state index is 0.0741. The molecule has 0 radical (unpaired) electrons. The quantitative estimate of drug-likeness (QED) is 0.744. The van der Waals surface area contributed by atoms with Gasteiger partial charge >= 0.3 is 0 Å². The molecule has 0 aromatic carbocycles. The second-order valence-electron chi connectivity index (χ2n) is 4.64. The van der Waals surface area contributed by atoms with Crippen LogP contribution in [0.5, 0.6) is 0 Å². The highest BCUT2D eigenvalue weighted by Crippen LogP contribution is 2.30. The third-order valence-corrected chi connectivity index (χ3v) is 3.46. The molecule has 1 saturated heterocycles. The van der Waals surface area contributed by atoms with Crippen LogP contribution in [0.2, 0.25) is 0 Å². The van der Waals surface area contributed by atoms with Crippen LogP contribution in [0.1, 0.15) is 31.5 Å². The fourth-order valence-corrected chi connectivity index (χ4v) is 2.57. The summed E-state index contributed by atoms with van der Waals surface area (Å²) in [4.78, 5) is 13.7. The first kappa shape index (κ1) is 10.7. The first-order valence-electron chi connectivity index (χ1n) is 6.08. The molecule has 0 N–H and O–H groups in total. The summed E-state index contributed by atoms with van der Waals surface area (Å²) in [7, 11) is 0. The number of hydrogen-bond donors (Lipinski definition) is 0. The highest BCUT2D eigenvalue weighted by molar-refractivity contribution is 5.76. The van der Waals surface area contributed by atoms with Crippen molar-refractivity contribution in [3.05, 3.63) is 11.9 Å². The minimum Gasteiger partial charge on any atom is -0.368 e. The van der Waals surface area contributed by atoms with E-state index in [-0.39, 0.29) is 18.1 Å². The van der Waals surface area contributed by atoms with E-state index in [9.17, 15) is 4.79 Å². The van der Waals surface area contributed by atoms with Gasteiger partial charge in [0.15, 0.2) is 0 Å². The summed E-state index contributed by atoms with van der Waals surface area (Å²) in [5.41, 5.74) is 0.996. The Kier molecular flexibility index (Phi) is 2.58. The number of fused-ring (bicyclic) bond motifs is 3. The molecule has 1 fully saturated rings. The van der Waals surface area contributed by atoms with Crippen LogP contribution in [0.4, 0.5) is 0 Å². The van der Waals surface area contributed by atoms with Gasteiger partial charge in [0.25, 0.3) is 0 Å². The van der Waals surface area contributed by atoms with Crippen molar-refractivity contribution in [1.82, 2.24) is 19.9 Å². The summed E-state index contributed by atoms with van der Waals surface area (Å²) >= 11 is 0. The van der Waals surface area contributed by atoms with E-state index >= 15 is 0 Å². The molecule has 17 heavy (non-hydrogen) atoms. The Labute approximate surface area is 99.5 Å². The summed E-state index contributed by atoms with van der Waals surface area (Å²) in [5, 5.41) is 7.99. The van der Waals surface area contributed by atoms with Crippen molar-refractivity contribution < 1.29 is 9.53 Å². The summed E-state index contributed by atoms with van der Waals surface area (Å²) < 4.78 is 7.66. The molecule has 0 aliphatic carbocycles. The number of carbonyl (C=O) groups excluding carboxylic acids is 1. The zero-order valence-corrected chi connectivity index (χ0v) is 9.87.